The third-order valence-electron chi connectivity index (χ3n) is 11.1. The third kappa shape index (κ3) is 6.81. The summed E-state index contributed by atoms with van der Waals surface area (Å²) in [6, 6.07) is 2.85. The molecular formula is C40H44O12. The number of furan rings is 2. The quantitative estimate of drug-likeness (QED) is 0.147. The fraction of sp³-hybridized carbons (Fsp3) is 0.500. The second-order valence-corrected chi connectivity index (χ2v) is 15.5. The molecule has 1 saturated heterocycles. The number of epoxide rings is 1. The van der Waals surface area contributed by atoms with Crippen molar-refractivity contribution in [2.45, 2.75) is 115 Å². The Hall–Kier alpha value is -4.68. The Morgan fingerprint density at radius 2 is 1.35 bits per heavy atom. The van der Waals surface area contributed by atoms with Crippen LogP contribution in [0, 0.1) is 11.8 Å². The first-order valence-corrected chi connectivity index (χ1v) is 17.7. The van der Waals surface area contributed by atoms with Crippen molar-refractivity contribution in [1.82, 2.24) is 0 Å². The van der Waals surface area contributed by atoms with Crippen molar-refractivity contribution in [3.63, 3.8) is 0 Å². The zero-order valence-electron chi connectivity index (χ0n) is 29.8. The number of aromatic carboxylic acids is 1. The van der Waals surface area contributed by atoms with Gasteiger partial charge in [0.2, 0.25) is 0 Å². The van der Waals surface area contributed by atoms with E-state index in [0.717, 1.165) is 11.1 Å². The van der Waals surface area contributed by atoms with Crippen molar-refractivity contribution in [3.8, 4) is 0 Å². The van der Waals surface area contributed by atoms with Gasteiger partial charge in [-0.3, -0.25) is 0 Å². The minimum atomic E-state index is -1.90. The lowest BCUT2D eigenvalue weighted by Crippen LogP contribution is -2.39. The van der Waals surface area contributed by atoms with Gasteiger partial charge in [0.25, 0.3) is 0 Å². The molecule has 12 heteroatoms. The number of allylic oxidation sites excluding steroid dienone is 2. The molecule has 0 saturated carbocycles. The normalized spacial score (nSPS) is 32.8. The summed E-state index contributed by atoms with van der Waals surface area (Å²) in [6.07, 6.45) is 2.75. The zero-order valence-corrected chi connectivity index (χ0v) is 29.8. The maximum absolute atomic E-state index is 14.4. The van der Waals surface area contributed by atoms with Gasteiger partial charge in [-0.2, -0.15) is 0 Å². The van der Waals surface area contributed by atoms with Gasteiger partial charge in [-0.05, 0) is 89.5 Å². The van der Waals surface area contributed by atoms with Gasteiger partial charge in [0.1, 0.15) is 63.7 Å². The molecule has 8 atom stereocenters. The molecule has 0 aliphatic carbocycles. The Morgan fingerprint density at radius 1 is 0.827 bits per heavy atom. The van der Waals surface area contributed by atoms with E-state index >= 15 is 0 Å². The van der Waals surface area contributed by atoms with Gasteiger partial charge in [-0.25, -0.2) is 19.2 Å². The van der Waals surface area contributed by atoms with Crippen molar-refractivity contribution in [3.05, 3.63) is 93.9 Å². The van der Waals surface area contributed by atoms with E-state index in [0.29, 0.717) is 54.8 Å². The summed E-state index contributed by atoms with van der Waals surface area (Å²) in [5.74, 6) is -2.54. The molecule has 0 amide bonds. The van der Waals surface area contributed by atoms with Crippen LogP contribution in [-0.2, 0) is 41.4 Å². The largest absolute Gasteiger partial charge is 0.478 e. The smallest absolute Gasteiger partial charge is 0.342 e. The van der Waals surface area contributed by atoms with Gasteiger partial charge in [-0.1, -0.05) is 24.3 Å². The van der Waals surface area contributed by atoms with Gasteiger partial charge in [-0.15, -0.1) is 0 Å². The highest BCUT2D eigenvalue weighted by atomic mass is 16.6. The monoisotopic (exact) mass is 716 g/mol. The van der Waals surface area contributed by atoms with E-state index in [4.69, 9.17) is 27.8 Å². The van der Waals surface area contributed by atoms with Gasteiger partial charge in [0.15, 0.2) is 6.10 Å². The second kappa shape index (κ2) is 13.1. The standard InChI is InChI=1S/C40H44O12/c1-19(2)21-7-9-23-11-25(47-36(23)43)17-39(5,46)33(31-15-27(35(41)42)29(13-21)49-31)51-38(45)28-16-32-34-40(6,52-34)18-26-12-24(37(44)48-26)10-8-22(20(3)4)14-30(28)50-32/h11-12,15-16,21-22,25-26,33-34,46H,1,3,7-10,13-14,17-18H2,2,4-6H3,(H,41,42). The Bertz CT molecular complexity index is 1940. The number of hydrogen-bond acceptors (Lipinski definition) is 11. The molecule has 5 aliphatic rings. The molecule has 7 heterocycles. The van der Waals surface area contributed by atoms with Crippen LogP contribution in [-0.4, -0.2) is 57.5 Å². The van der Waals surface area contributed by atoms with E-state index in [-0.39, 0.29) is 59.7 Å². The third-order valence-corrected chi connectivity index (χ3v) is 11.1. The van der Waals surface area contributed by atoms with Gasteiger partial charge in [0, 0.05) is 36.8 Å². The summed E-state index contributed by atoms with van der Waals surface area (Å²) in [7, 11) is 0. The van der Waals surface area contributed by atoms with Crippen molar-refractivity contribution < 1.29 is 57.2 Å². The van der Waals surface area contributed by atoms with Crippen LogP contribution < -0.4 is 0 Å². The van der Waals surface area contributed by atoms with Crippen LogP contribution in [0.25, 0.3) is 0 Å². The predicted molar refractivity (Wildman–Crippen MR) is 183 cm³/mol. The van der Waals surface area contributed by atoms with Crippen LogP contribution in [0.15, 0.2) is 68.6 Å². The maximum atomic E-state index is 14.4. The summed E-state index contributed by atoms with van der Waals surface area (Å²) in [5.41, 5.74) is 0.0236. The Balaban J connectivity index is 1.26. The lowest BCUT2D eigenvalue weighted by atomic mass is 9.87. The molecule has 0 spiro atoms. The number of carboxylic acids is 1. The summed E-state index contributed by atoms with van der Waals surface area (Å²) in [6.45, 7) is 15.3. The topological polar surface area (TPSA) is 175 Å². The molecule has 276 valence electrons. The fourth-order valence-electron chi connectivity index (χ4n) is 7.94. The number of carboxylic acid groups (broad SMARTS) is 1. The summed E-state index contributed by atoms with van der Waals surface area (Å²) >= 11 is 0. The number of aliphatic hydroxyl groups is 1. The average Bonchev–Trinajstić information content (AvgIpc) is 3.51. The van der Waals surface area contributed by atoms with Crippen LogP contribution in [0.5, 0.6) is 0 Å². The Labute approximate surface area is 301 Å². The lowest BCUT2D eigenvalue weighted by molar-refractivity contribution is -0.145. The van der Waals surface area contributed by atoms with Crippen LogP contribution in [0.2, 0.25) is 0 Å². The summed E-state index contributed by atoms with van der Waals surface area (Å²) < 4.78 is 36.0. The molecule has 2 aromatic rings. The van der Waals surface area contributed by atoms with Gasteiger partial charge < -0.3 is 38.0 Å². The van der Waals surface area contributed by atoms with Crippen LogP contribution >= 0.6 is 0 Å². The molecule has 8 unspecified atom stereocenters. The number of hydrogen-bond donors (Lipinski definition) is 2. The van der Waals surface area contributed by atoms with Crippen molar-refractivity contribution >= 4 is 23.9 Å². The number of rotatable bonds is 5. The number of esters is 3. The molecule has 0 radical (unpaired) electrons. The van der Waals surface area contributed by atoms with E-state index in [1.165, 1.54) is 13.0 Å². The van der Waals surface area contributed by atoms with Crippen LogP contribution in [0.1, 0.15) is 122 Å². The SMILES string of the molecule is C=C(C)C1CCC2=CC(CC(C)(O)C(OC(=O)c3cc4oc3CC(C(=C)C)CCC3=CC(CC5(C)OC45)OC3=O)c3cc(C(=O)O)c(o3)C1)OC2=O. The number of fused-ring (bicyclic) bond motifs is 8. The Morgan fingerprint density at radius 3 is 1.90 bits per heavy atom. The molecule has 0 aromatic carbocycles. The van der Waals surface area contributed by atoms with E-state index < -0.39 is 53.5 Å². The van der Waals surface area contributed by atoms with Crippen LogP contribution in [0.3, 0.4) is 0 Å². The van der Waals surface area contributed by atoms with E-state index in [9.17, 15) is 29.4 Å². The molecule has 8 bridgehead atoms. The molecule has 5 aliphatic heterocycles. The molecule has 1 fully saturated rings. The first-order chi connectivity index (χ1) is 24.5. The molecular weight excluding hydrogens is 672 g/mol. The first kappa shape index (κ1) is 35.7. The van der Waals surface area contributed by atoms with E-state index in [1.54, 1.807) is 12.1 Å². The fourth-order valence-corrected chi connectivity index (χ4v) is 7.94. The Kier molecular flexibility index (Phi) is 8.98. The second-order valence-electron chi connectivity index (χ2n) is 15.5. The first-order valence-electron chi connectivity index (χ1n) is 17.7. The van der Waals surface area contributed by atoms with E-state index in [2.05, 4.69) is 13.2 Å². The van der Waals surface area contributed by atoms with Gasteiger partial charge in [0.05, 0.1) is 0 Å². The molecule has 12 nitrogen and oxygen atoms in total. The molecule has 52 heavy (non-hydrogen) atoms. The van der Waals surface area contributed by atoms with Crippen molar-refractivity contribution in [2.75, 3.05) is 0 Å². The predicted octanol–water partition coefficient (Wildman–Crippen LogP) is 6.59. The lowest BCUT2D eigenvalue weighted by Gasteiger charge is -2.32. The highest BCUT2D eigenvalue weighted by molar-refractivity contribution is 5.92. The molecule has 2 aromatic heterocycles. The number of carbonyl (C=O) groups is 4. The minimum Gasteiger partial charge on any atom is -0.478 e. The summed E-state index contributed by atoms with van der Waals surface area (Å²) in [5, 5.41) is 22.2. The zero-order chi connectivity index (χ0) is 37.3. The number of ether oxygens (including phenoxy) is 4. The van der Waals surface area contributed by atoms with Crippen LogP contribution in [0.4, 0.5) is 0 Å². The average molecular weight is 717 g/mol. The highest BCUT2D eigenvalue weighted by Crippen LogP contribution is 2.54. The maximum Gasteiger partial charge on any atom is 0.342 e. The highest BCUT2D eigenvalue weighted by Gasteiger charge is 2.57. The molecule has 2 N–H and O–H groups in total. The van der Waals surface area contributed by atoms with Gasteiger partial charge >= 0.3 is 23.9 Å². The van der Waals surface area contributed by atoms with Crippen molar-refractivity contribution in [1.29, 1.82) is 0 Å². The molecule has 7 rings (SSSR count). The number of carbonyl (C=O) groups excluding carboxylic acids is 3. The van der Waals surface area contributed by atoms with Crippen molar-refractivity contribution in [2.24, 2.45) is 11.8 Å². The summed E-state index contributed by atoms with van der Waals surface area (Å²) in [4.78, 5) is 52.3. The van der Waals surface area contributed by atoms with E-state index in [1.807, 2.05) is 26.8 Å². The minimum absolute atomic E-state index is 0.0715.